The van der Waals surface area contributed by atoms with Crippen molar-refractivity contribution in [3.05, 3.63) is 47.8 Å². The molecular formula is C18H16F3N3O3. The van der Waals surface area contributed by atoms with E-state index in [0.717, 1.165) is 30.7 Å². The molecule has 0 aliphatic carbocycles. The molecule has 1 unspecified atom stereocenters. The summed E-state index contributed by atoms with van der Waals surface area (Å²) < 4.78 is 48.4. The van der Waals surface area contributed by atoms with Crippen LogP contribution in [0.15, 0.2) is 36.5 Å². The predicted molar refractivity (Wildman–Crippen MR) is 89.5 cm³/mol. The fourth-order valence-corrected chi connectivity index (χ4v) is 3.31. The summed E-state index contributed by atoms with van der Waals surface area (Å²) in [5.74, 6) is 1.32. The second-order valence-corrected chi connectivity index (χ2v) is 6.32. The maximum Gasteiger partial charge on any atom is 0.433 e. The molecule has 0 spiro atoms. The van der Waals surface area contributed by atoms with Crippen LogP contribution < -0.4 is 14.8 Å². The van der Waals surface area contributed by atoms with E-state index in [2.05, 4.69) is 10.3 Å². The van der Waals surface area contributed by atoms with Crippen molar-refractivity contribution in [3.63, 3.8) is 0 Å². The highest BCUT2D eigenvalue weighted by atomic mass is 19.4. The van der Waals surface area contributed by atoms with E-state index in [1.54, 1.807) is 4.90 Å². The topological polar surface area (TPSA) is 63.7 Å². The molecule has 2 aromatic rings. The van der Waals surface area contributed by atoms with E-state index in [1.807, 2.05) is 18.2 Å². The third kappa shape index (κ3) is 3.49. The van der Waals surface area contributed by atoms with Crippen molar-refractivity contribution in [1.29, 1.82) is 0 Å². The van der Waals surface area contributed by atoms with E-state index in [4.69, 9.17) is 9.47 Å². The summed E-state index contributed by atoms with van der Waals surface area (Å²) in [7, 11) is 0. The number of carbonyl (C=O) groups is 1. The Morgan fingerprint density at radius 1 is 1.19 bits per heavy atom. The van der Waals surface area contributed by atoms with Gasteiger partial charge in [-0.3, -0.25) is 0 Å². The quantitative estimate of drug-likeness (QED) is 0.850. The summed E-state index contributed by atoms with van der Waals surface area (Å²) in [6.07, 6.45) is -1.88. The van der Waals surface area contributed by atoms with Gasteiger partial charge in [-0.2, -0.15) is 13.2 Å². The fourth-order valence-electron chi connectivity index (χ4n) is 3.31. The minimum Gasteiger partial charge on any atom is -0.454 e. The first kappa shape index (κ1) is 17.4. The number of halogens is 3. The first-order valence-electron chi connectivity index (χ1n) is 8.42. The number of alkyl halides is 3. The molecule has 1 fully saturated rings. The molecule has 9 heteroatoms. The van der Waals surface area contributed by atoms with Gasteiger partial charge in [-0.05, 0) is 42.7 Å². The van der Waals surface area contributed by atoms with Crippen molar-refractivity contribution in [3.8, 4) is 11.5 Å². The van der Waals surface area contributed by atoms with Crippen LogP contribution in [-0.4, -0.2) is 29.3 Å². The van der Waals surface area contributed by atoms with Gasteiger partial charge in [-0.25, -0.2) is 9.78 Å². The van der Waals surface area contributed by atoms with Crippen LogP contribution in [-0.2, 0) is 6.18 Å². The molecule has 2 amide bonds. The maximum atomic E-state index is 12.6. The van der Waals surface area contributed by atoms with Gasteiger partial charge in [0, 0.05) is 6.54 Å². The van der Waals surface area contributed by atoms with Gasteiger partial charge >= 0.3 is 12.2 Å². The maximum absolute atomic E-state index is 12.6. The molecule has 142 valence electrons. The molecule has 27 heavy (non-hydrogen) atoms. The number of anilines is 1. The normalized spacial score (nSPS) is 18.6. The summed E-state index contributed by atoms with van der Waals surface area (Å²) in [4.78, 5) is 17.6. The van der Waals surface area contributed by atoms with Gasteiger partial charge in [0.1, 0.15) is 5.69 Å². The molecule has 1 saturated heterocycles. The van der Waals surface area contributed by atoms with E-state index < -0.39 is 11.9 Å². The standard InChI is InChI=1S/C18H16F3N3O3/c19-18(20,21)16-6-4-12(9-22-16)23-17(25)24-7-1-2-13(24)11-3-5-14-15(8-11)27-10-26-14/h3-6,8-9,13H,1-2,7,10H2,(H,23,25). The smallest absolute Gasteiger partial charge is 0.433 e. The summed E-state index contributed by atoms with van der Waals surface area (Å²) in [6.45, 7) is 0.730. The number of aromatic nitrogens is 1. The van der Waals surface area contributed by atoms with Gasteiger partial charge in [-0.1, -0.05) is 6.07 Å². The van der Waals surface area contributed by atoms with Crippen LogP contribution in [0.4, 0.5) is 23.7 Å². The Kier molecular flexibility index (Phi) is 4.29. The number of amides is 2. The van der Waals surface area contributed by atoms with E-state index >= 15 is 0 Å². The lowest BCUT2D eigenvalue weighted by Gasteiger charge is -2.25. The molecule has 0 radical (unpaired) electrons. The van der Waals surface area contributed by atoms with Crippen molar-refractivity contribution in [1.82, 2.24) is 9.88 Å². The Morgan fingerprint density at radius 2 is 2.00 bits per heavy atom. The number of rotatable bonds is 2. The van der Waals surface area contributed by atoms with Gasteiger partial charge in [0.2, 0.25) is 6.79 Å². The van der Waals surface area contributed by atoms with Crippen molar-refractivity contribution < 1.29 is 27.4 Å². The lowest BCUT2D eigenvalue weighted by molar-refractivity contribution is -0.141. The summed E-state index contributed by atoms with van der Waals surface area (Å²) >= 11 is 0. The van der Waals surface area contributed by atoms with Crippen molar-refractivity contribution in [2.24, 2.45) is 0 Å². The van der Waals surface area contributed by atoms with Crippen LogP contribution in [0.1, 0.15) is 30.1 Å². The average molecular weight is 379 g/mol. The van der Waals surface area contributed by atoms with Crippen LogP contribution in [0.5, 0.6) is 11.5 Å². The van der Waals surface area contributed by atoms with Crippen LogP contribution in [0.25, 0.3) is 0 Å². The summed E-state index contributed by atoms with van der Waals surface area (Å²) in [5, 5.41) is 2.62. The Labute approximate surface area is 152 Å². The molecule has 0 saturated carbocycles. The van der Waals surface area contributed by atoms with Crippen molar-refractivity contribution in [2.45, 2.75) is 25.1 Å². The molecule has 4 rings (SSSR count). The van der Waals surface area contributed by atoms with Gasteiger partial charge < -0.3 is 19.7 Å². The predicted octanol–water partition coefficient (Wildman–Crippen LogP) is 4.20. The second kappa shape index (κ2) is 6.64. The number of nitrogens with zero attached hydrogens (tertiary/aromatic N) is 2. The van der Waals surface area contributed by atoms with Crippen LogP contribution in [0.2, 0.25) is 0 Å². The Morgan fingerprint density at radius 3 is 2.74 bits per heavy atom. The zero-order valence-electron chi connectivity index (χ0n) is 14.1. The molecule has 0 bridgehead atoms. The van der Waals surface area contributed by atoms with Gasteiger partial charge in [0.05, 0.1) is 17.9 Å². The number of fused-ring (bicyclic) bond motifs is 1. The Bertz CT molecular complexity index is 855. The third-order valence-electron chi connectivity index (χ3n) is 4.60. The monoisotopic (exact) mass is 379 g/mol. The minimum absolute atomic E-state index is 0.137. The largest absolute Gasteiger partial charge is 0.454 e. The third-order valence-corrected chi connectivity index (χ3v) is 4.60. The van der Waals surface area contributed by atoms with Crippen molar-refractivity contribution in [2.75, 3.05) is 18.7 Å². The second-order valence-electron chi connectivity index (χ2n) is 6.32. The molecule has 1 N–H and O–H groups in total. The van der Waals surface area contributed by atoms with Crippen LogP contribution in [0.3, 0.4) is 0 Å². The molecular weight excluding hydrogens is 363 g/mol. The Hall–Kier alpha value is -2.97. The number of ether oxygens (including phenoxy) is 2. The number of pyridine rings is 1. The fraction of sp³-hybridized carbons (Fsp3) is 0.333. The zero-order valence-corrected chi connectivity index (χ0v) is 14.1. The number of carbonyl (C=O) groups excluding carboxylic acids is 1. The van der Waals surface area contributed by atoms with Crippen molar-refractivity contribution >= 4 is 11.7 Å². The lowest BCUT2D eigenvalue weighted by atomic mass is 10.0. The SMILES string of the molecule is O=C(Nc1ccc(C(F)(F)F)nc1)N1CCCC1c1ccc2c(c1)OCO2. The molecule has 6 nitrogen and oxygen atoms in total. The molecule has 1 atom stereocenters. The molecule has 2 aliphatic heterocycles. The average Bonchev–Trinajstić information content (AvgIpc) is 3.30. The highest BCUT2D eigenvalue weighted by Gasteiger charge is 2.33. The molecule has 1 aromatic carbocycles. The number of urea groups is 1. The summed E-state index contributed by atoms with van der Waals surface area (Å²) in [6, 6.07) is 7.08. The highest BCUT2D eigenvalue weighted by molar-refractivity contribution is 5.89. The molecule has 3 heterocycles. The first-order valence-corrected chi connectivity index (χ1v) is 8.42. The van der Waals surface area contributed by atoms with E-state index in [9.17, 15) is 18.0 Å². The van der Waals surface area contributed by atoms with E-state index in [1.165, 1.54) is 6.07 Å². The van der Waals surface area contributed by atoms with E-state index in [0.29, 0.717) is 18.0 Å². The van der Waals surface area contributed by atoms with Gasteiger partial charge in [-0.15, -0.1) is 0 Å². The minimum atomic E-state index is -4.51. The number of hydrogen-bond acceptors (Lipinski definition) is 4. The number of nitrogens with one attached hydrogen (secondary N) is 1. The molecule has 2 aliphatic rings. The van der Waals surface area contributed by atoms with Crippen LogP contribution in [0, 0.1) is 0 Å². The zero-order chi connectivity index (χ0) is 19.0. The lowest BCUT2D eigenvalue weighted by Crippen LogP contribution is -2.34. The summed E-state index contributed by atoms with van der Waals surface area (Å²) in [5.41, 5.74) is 0.140. The van der Waals surface area contributed by atoms with E-state index in [-0.39, 0.29) is 24.6 Å². The van der Waals surface area contributed by atoms with Gasteiger partial charge in [0.25, 0.3) is 0 Å². The number of benzene rings is 1. The van der Waals surface area contributed by atoms with Gasteiger partial charge in [0.15, 0.2) is 11.5 Å². The number of hydrogen-bond donors (Lipinski definition) is 1. The number of likely N-dealkylation sites (tertiary alicyclic amines) is 1. The molecule has 1 aromatic heterocycles. The first-order chi connectivity index (χ1) is 12.9. The van der Waals surface area contributed by atoms with Crippen LogP contribution >= 0.6 is 0 Å². The highest BCUT2D eigenvalue weighted by Crippen LogP contribution is 2.39. The Balaban J connectivity index is 1.48.